The fourth-order valence-electron chi connectivity index (χ4n) is 4.62. The van der Waals surface area contributed by atoms with Crippen molar-refractivity contribution in [2.45, 2.75) is 57.8 Å². The molecule has 2 aliphatic carbocycles. The van der Waals surface area contributed by atoms with Gasteiger partial charge in [-0.3, -0.25) is 4.90 Å². The largest absolute Gasteiger partial charge is 0.376 e. The number of carbonyl (C=O) groups is 1. The highest BCUT2D eigenvalue weighted by molar-refractivity contribution is 5.74. The van der Waals surface area contributed by atoms with Crippen molar-refractivity contribution in [1.82, 2.24) is 15.5 Å². The first kappa shape index (κ1) is 17.8. The second kappa shape index (κ2) is 7.97. The Balaban J connectivity index is 1.25. The van der Waals surface area contributed by atoms with E-state index in [0.29, 0.717) is 18.7 Å². The summed E-state index contributed by atoms with van der Waals surface area (Å²) in [6, 6.07) is 8.92. The molecule has 0 aromatic heterocycles. The fourth-order valence-corrected chi connectivity index (χ4v) is 4.62. The lowest BCUT2D eigenvalue weighted by Gasteiger charge is -2.31. The summed E-state index contributed by atoms with van der Waals surface area (Å²) in [5, 5.41) is 6.23. The summed E-state index contributed by atoms with van der Waals surface area (Å²) in [6.45, 7) is 6.43. The van der Waals surface area contributed by atoms with Crippen LogP contribution in [0.25, 0.3) is 0 Å². The molecule has 0 radical (unpaired) electrons. The molecule has 4 atom stereocenters. The molecule has 1 aliphatic heterocycles. The molecule has 2 saturated carbocycles. The number of urea groups is 1. The first-order chi connectivity index (χ1) is 12.7. The maximum Gasteiger partial charge on any atom is 0.315 e. The molecule has 1 aromatic carbocycles. The van der Waals surface area contributed by atoms with Crippen LogP contribution in [0.1, 0.15) is 43.7 Å². The first-order valence-electron chi connectivity index (χ1n) is 10.1. The van der Waals surface area contributed by atoms with E-state index >= 15 is 0 Å². The number of nitrogens with one attached hydrogen (secondary N) is 2. The van der Waals surface area contributed by atoms with E-state index in [4.69, 9.17) is 4.74 Å². The summed E-state index contributed by atoms with van der Waals surface area (Å²) in [5.41, 5.74) is 2.46. The zero-order valence-corrected chi connectivity index (χ0v) is 15.7. The molecule has 1 saturated heterocycles. The van der Waals surface area contributed by atoms with Gasteiger partial charge in [0.2, 0.25) is 0 Å². The van der Waals surface area contributed by atoms with Gasteiger partial charge < -0.3 is 15.4 Å². The monoisotopic (exact) mass is 357 g/mol. The van der Waals surface area contributed by atoms with Crippen LogP contribution in [0.2, 0.25) is 0 Å². The molecular weight excluding hydrogens is 326 g/mol. The Morgan fingerprint density at radius 2 is 2.19 bits per heavy atom. The summed E-state index contributed by atoms with van der Waals surface area (Å²) in [5.74, 6) is 1.63. The number of morpholine rings is 1. The second-order valence-electron chi connectivity index (χ2n) is 8.26. The Hall–Kier alpha value is -1.59. The number of amides is 2. The highest BCUT2D eigenvalue weighted by Crippen LogP contribution is 2.49. The van der Waals surface area contributed by atoms with Gasteiger partial charge in [0, 0.05) is 32.2 Å². The topological polar surface area (TPSA) is 53.6 Å². The van der Waals surface area contributed by atoms with E-state index in [0.717, 1.165) is 50.1 Å². The number of ether oxygens (including phenoxy) is 1. The predicted molar refractivity (Wildman–Crippen MR) is 102 cm³/mol. The molecule has 2 N–H and O–H groups in total. The molecule has 26 heavy (non-hydrogen) atoms. The van der Waals surface area contributed by atoms with E-state index in [1.165, 1.54) is 24.8 Å². The van der Waals surface area contributed by atoms with Crippen LogP contribution in [0.3, 0.4) is 0 Å². The molecule has 5 heteroatoms. The standard InChI is InChI=1S/C21H31N3O2/c1-15-13-24(8-9-26-15)14-17-5-2-4-16(10-17)12-22-21(25)23-20-7-3-6-18-11-19(18)20/h2,4-5,10,15,18-20H,3,6-9,11-14H2,1H3,(H2,22,23,25)/t15?,18-,19+,20?/m1/s1. The van der Waals surface area contributed by atoms with Crippen molar-refractivity contribution in [3.05, 3.63) is 35.4 Å². The first-order valence-corrected chi connectivity index (χ1v) is 10.1. The van der Waals surface area contributed by atoms with Gasteiger partial charge in [-0.2, -0.15) is 0 Å². The number of rotatable bonds is 5. The van der Waals surface area contributed by atoms with Gasteiger partial charge in [-0.15, -0.1) is 0 Å². The van der Waals surface area contributed by atoms with Gasteiger partial charge in [-0.05, 0) is 42.7 Å². The van der Waals surface area contributed by atoms with Gasteiger partial charge in [0.1, 0.15) is 0 Å². The molecular formula is C21H31N3O2. The van der Waals surface area contributed by atoms with Gasteiger partial charge in [-0.1, -0.05) is 37.1 Å². The molecule has 3 fully saturated rings. The summed E-state index contributed by atoms with van der Waals surface area (Å²) in [6.07, 6.45) is 5.38. The molecule has 2 amide bonds. The average molecular weight is 357 g/mol. The number of nitrogens with zero attached hydrogens (tertiary/aromatic N) is 1. The summed E-state index contributed by atoms with van der Waals surface area (Å²) in [7, 11) is 0. The Kier molecular flexibility index (Phi) is 5.46. The molecule has 5 nitrogen and oxygen atoms in total. The van der Waals surface area contributed by atoms with Gasteiger partial charge in [0.15, 0.2) is 0 Å². The lowest BCUT2D eigenvalue weighted by Crippen LogP contribution is -2.44. The molecule has 4 rings (SSSR count). The molecule has 2 unspecified atom stereocenters. The Bertz CT molecular complexity index is 635. The van der Waals surface area contributed by atoms with Crippen LogP contribution in [0.5, 0.6) is 0 Å². The van der Waals surface area contributed by atoms with Crippen LogP contribution in [0.4, 0.5) is 4.79 Å². The van der Waals surface area contributed by atoms with Gasteiger partial charge in [0.25, 0.3) is 0 Å². The maximum atomic E-state index is 12.2. The normalized spacial score (nSPS) is 31.1. The number of benzene rings is 1. The van der Waals surface area contributed by atoms with Crippen LogP contribution in [-0.2, 0) is 17.8 Å². The average Bonchev–Trinajstić information content (AvgIpc) is 3.41. The van der Waals surface area contributed by atoms with Crippen molar-refractivity contribution in [2.75, 3.05) is 19.7 Å². The van der Waals surface area contributed by atoms with Gasteiger partial charge in [0.05, 0.1) is 12.7 Å². The number of hydrogen-bond acceptors (Lipinski definition) is 3. The van der Waals surface area contributed by atoms with Crippen LogP contribution in [-0.4, -0.2) is 42.8 Å². The van der Waals surface area contributed by atoms with Crippen LogP contribution in [0, 0.1) is 11.8 Å². The van der Waals surface area contributed by atoms with Crippen molar-refractivity contribution in [3.63, 3.8) is 0 Å². The maximum absolute atomic E-state index is 12.2. The minimum absolute atomic E-state index is 0.0186. The molecule has 1 heterocycles. The van der Waals surface area contributed by atoms with Crippen LogP contribution < -0.4 is 10.6 Å². The van der Waals surface area contributed by atoms with Crippen molar-refractivity contribution in [1.29, 1.82) is 0 Å². The van der Waals surface area contributed by atoms with Gasteiger partial charge in [-0.25, -0.2) is 4.79 Å². The summed E-state index contributed by atoms with van der Waals surface area (Å²) in [4.78, 5) is 14.7. The lowest BCUT2D eigenvalue weighted by atomic mass is 9.96. The van der Waals surface area contributed by atoms with E-state index in [1.54, 1.807) is 0 Å². The summed E-state index contributed by atoms with van der Waals surface area (Å²) < 4.78 is 5.61. The van der Waals surface area contributed by atoms with E-state index in [1.807, 2.05) is 0 Å². The van der Waals surface area contributed by atoms with Crippen molar-refractivity contribution >= 4 is 6.03 Å². The molecule has 1 aromatic rings. The SMILES string of the molecule is CC1CN(Cc2cccc(CNC(=O)NC3CCC[C@@H]4C[C@H]34)c2)CCO1. The lowest BCUT2D eigenvalue weighted by molar-refractivity contribution is -0.0212. The van der Waals surface area contributed by atoms with Gasteiger partial charge >= 0.3 is 6.03 Å². The summed E-state index contributed by atoms with van der Waals surface area (Å²) >= 11 is 0. The smallest absolute Gasteiger partial charge is 0.315 e. The Morgan fingerprint density at radius 1 is 1.31 bits per heavy atom. The third-order valence-electron chi connectivity index (χ3n) is 6.08. The highest BCUT2D eigenvalue weighted by Gasteiger charge is 2.45. The number of fused-ring (bicyclic) bond motifs is 1. The predicted octanol–water partition coefficient (Wildman–Crippen LogP) is 2.90. The van der Waals surface area contributed by atoms with E-state index < -0.39 is 0 Å². The zero-order chi connectivity index (χ0) is 17.9. The Labute approximate surface area is 156 Å². The van der Waals surface area contributed by atoms with E-state index in [-0.39, 0.29) is 6.03 Å². The molecule has 3 aliphatic rings. The molecule has 0 bridgehead atoms. The van der Waals surface area contributed by atoms with E-state index in [9.17, 15) is 4.79 Å². The van der Waals surface area contributed by atoms with Crippen molar-refractivity contribution in [3.8, 4) is 0 Å². The zero-order valence-electron chi connectivity index (χ0n) is 15.7. The quantitative estimate of drug-likeness (QED) is 0.852. The number of carbonyl (C=O) groups excluding carboxylic acids is 1. The molecule has 0 spiro atoms. The number of hydrogen-bond donors (Lipinski definition) is 2. The van der Waals surface area contributed by atoms with Crippen LogP contribution in [0.15, 0.2) is 24.3 Å². The third kappa shape index (κ3) is 4.57. The molecule has 142 valence electrons. The highest BCUT2D eigenvalue weighted by atomic mass is 16.5. The van der Waals surface area contributed by atoms with Crippen molar-refractivity contribution < 1.29 is 9.53 Å². The Morgan fingerprint density at radius 3 is 3.08 bits per heavy atom. The minimum atomic E-state index is -0.0186. The second-order valence-corrected chi connectivity index (χ2v) is 8.26. The third-order valence-corrected chi connectivity index (χ3v) is 6.08. The van der Waals surface area contributed by atoms with E-state index in [2.05, 4.69) is 46.7 Å². The fraction of sp³-hybridized carbons (Fsp3) is 0.667. The van der Waals surface area contributed by atoms with Crippen molar-refractivity contribution in [2.24, 2.45) is 11.8 Å². The minimum Gasteiger partial charge on any atom is -0.376 e. The van der Waals surface area contributed by atoms with Crippen LogP contribution >= 0.6 is 0 Å².